The molecule has 0 saturated heterocycles. The van der Waals surface area contributed by atoms with Gasteiger partial charge in [0.2, 0.25) is 0 Å². The van der Waals surface area contributed by atoms with Crippen LogP contribution in [0.2, 0.25) is 0 Å². The van der Waals surface area contributed by atoms with E-state index in [4.69, 9.17) is 40.4 Å². The van der Waals surface area contributed by atoms with Crippen molar-refractivity contribution in [2.75, 3.05) is 0 Å². The molecule has 16 nitrogen and oxygen atoms in total. The monoisotopic (exact) mass is 2750 g/mol. The summed E-state index contributed by atoms with van der Waals surface area (Å²) in [5.41, 5.74) is 21.9. The molecule has 18 aromatic rings. The number of fused-ring (bicyclic) bond motifs is 7. The molecule has 4 N–H and O–H groups in total. The van der Waals surface area contributed by atoms with Crippen molar-refractivity contribution in [1.29, 1.82) is 0 Å². The van der Waals surface area contributed by atoms with Crippen molar-refractivity contribution in [3.8, 4) is 102 Å². The van der Waals surface area contributed by atoms with Gasteiger partial charge in [0.15, 0.2) is 34.8 Å². The van der Waals surface area contributed by atoms with Gasteiger partial charge in [0.25, 0.3) is 0 Å². The van der Waals surface area contributed by atoms with Gasteiger partial charge in [0.05, 0.1) is 28.6 Å². The Hall–Kier alpha value is -13.1. The van der Waals surface area contributed by atoms with Crippen LogP contribution in [0.4, 0.5) is 4.39 Å². The summed E-state index contributed by atoms with van der Waals surface area (Å²) in [5.74, 6) is 1.43. The number of aliphatic hydroxyl groups excluding tert-OH is 4. The van der Waals surface area contributed by atoms with Crippen LogP contribution in [0.5, 0.6) is 0 Å². The molecule has 0 bridgehead atoms. The van der Waals surface area contributed by atoms with Crippen molar-refractivity contribution in [2.24, 2.45) is 0 Å². The standard InChI is InChI=1S/C27H19N4.C24H18N.C16H11FN.C16H12N.C13H8NS.4C5H8O2.5Ir/c1-19-10-12-22(13-11-19)26-29-25(21-7-3-2-4-8-21)30-27(31-26)23-16-14-20(15-17-23)24-9-5-6-18-28-24;1-24(2)20-9-5-4-8-18(20)19-13-11-17(15-21(19)24)23-14-12-16-7-3-6-10-22(16)25-23;1-11-10-13(6-7-15(11)17)16-14-5-3-2-4-12(14)8-9-18-16;1-12-10-13-6-2-3-7-14(13)11-15(12)16-8-4-5-9-17-16;1-2-4-10(5-3-1)13-11-7-9-15-12(11)6-8-14-13;4*1-4(6)3-5(2)7;;;;;/h2-14,16-18H,1H3;3-10,12-15H,1-2H3;2-5,7-10H,1H3;2-10H,1H3;1-4,6-9H;4*3,6H,1-2H3;;;;;/q5*-1;;;;;;;;;. The Labute approximate surface area is 882 Å². The summed E-state index contributed by atoms with van der Waals surface area (Å²) in [6, 6.07) is 114. The third kappa shape index (κ3) is 33.9. The van der Waals surface area contributed by atoms with E-state index in [9.17, 15) is 23.6 Å². The number of aliphatic hydroxyl groups is 4. The van der Waals surface area contributed by atoms with Crippen molar-refractivity contribution in [3.05, 3.63) is 433 Å². The number of aromatic nitrogens is 8. The van der Waals surface area contributed by atoms with Gasteiger partial charge in [-0.2, -0.15) is 0 Å². The molecule has 139 heavy (non-hydrogen) atoms. The van der Waals surface area contributed by atoms with E-state index in [-0.39, 0.29) is 158 Å². The molecular weight excluding hydrogens is 2650 g/mol. The van der Waals surface area contributed by atoms with Crippen molar-refractivity contribution in [3.63, 3.8) is 0 Å². The van der Waals surface area contributed by atoms with Crippen molar-refractivity contribution < 1.29 is 145 Å². The fraction of sp³-hybridized carbons (Fsp3) is 0.121. The van der Waals surface area contributed by atoms with E-state index in [1.807, 2.05) is 188 Å². The number of benzene rings is 11. The first-order chi connectivity index (χ1) is 64.5. The molecule has 0 unspecified atom stereocenters. The first-order valence-corrected chi connectivity index (χ1v) is 43.8. The summed E-state index contributed by atoms with van der Waals surface area (Å²) in [7, 11) is 0. The molecule has 0 fully saturated rings. The molecule has 0 saturated carbocycles. The van der Waals surface area contributed by atoms with Crippen LogP contribution in [-0.2, 0) is 125 Å². The van der Waals surface area contributed by atoms with Gasteiger partial charge in [-0.3, -0.25) is 33.5 Å². The maximum atomic E-state index is 13.3. The van der Waals surface area contributed by atoms with Crippen LogP contribution in [0.15, 0.2) is 369 Å². The molecule has 19 rings (SSSR count). The zero-order valence-electron chi connectivity index (χ0n) is 78.4. The van der Waals surface area contributed by atoms with Gasteiger partial charge in [-0.05, 0) is 153 Å². The third-order valence-electron chi connectivity index (χ3n) is 20.3. The minimum absolute atomic E-state index is 0. The summed E-state index contributed by atoms with van der Waals surface area (Å²) in [5, 5.41) is 42.5. The molecule has 7 aromatic heterocycles. The molecule has 1 aliphatic rings. The molecule has 0 spiro atoms. The number of hydrogen-bond acceptors (Lipinski definition) is 17. The van der Waals surface area contributed by atoms with Gasteiger partial charge in [-0.25, -0.2) is 15.0 Å². The second-order valence-electron chi connectivity index (χ2n) is 31.7. The Kier molecular flexibility index (Phi) is 46.8. The van der Waals surface area contributed by atoms with E-state index >= 15 is 0 Å². The van der Waals surface area contributed by atoms with Gasteiger partial charge < -0.3 is 35.4 Å². The summed E-state index contributed by atoms with van der Waals surface area (Å²) in [6.45, 7) is 21.9. The minimum Gasteiger partial charge on any atom is -0.512 e. The predicted octanol–water partition coefficient (Wildman–Crippen LogP) is 28.1. The number of carbonyl (C=O) groups excluding carboxylic acids is 4. The molecule has 0 aliphatic heterocycles. The van der Waals surface area contributed by atoms with Crippen LogP contribution < -0.4 is 0 Å². The zero-order valence-corrected chi connectivity index (χ0v) is 91.2. The van der Waals surface area contributed by atoms with Crippen molar-refractivity contribution in [1.82, 2.24) is 39.9 Å². The minimum atomic E-state index is -0.237. The quantitative estimate of drug-likeness (QED) is 0.0504. The van der Waals surface area contributed by atoms with E-state index in [0.717, 1.165) is 94.7 Å². The Bertz CT molecular complexity index is 7130. The number of allylic oxidation sites excluding steroid dienone is 8. The van der Waals surface area contributed by atoms with Crippen molar-refractivity contribution >= 4 is 77.0 Å². The van der Waals surface area contributed by atoms with Crippen LogP contribution in [0, 0.1) is 56.9 Å². The average molecular weight is 2750 g/mol. The fourth-order valence-electron chi connectivity index (χ4n) is 14.2. The first-order valence-electron chi connectivity index (χ1n) is 43.0. The molecule has 715 valence electrons. The van der Waals surface area contributed by atoms with Gasteiger partial charge in [-0.15, -0.1) is 159 Å². The van der Waals surface area contributed by atoms with Crippen LogP contribution >= 0.6 is 11.3 Å². The number of ketones is 4. The summed E-state index contributed by atoms with van der Waals surface area (Å²) < 4.78 is 14.6. The van der Waals surface area contributed by atoms with Gasteiger partial charge >= 0.3 is 0 Å². The second kappa shape index (κ2) is 56.7. The summed E-state index contributed by atoms with van der Waals surface area (Å²) in [6.07, 6.45) is 11.9. The summed E-state index contributed by atoms with van der Waals surface area (Å²) >= 11 is 1.74. The fourth-order valence-corrected chi connectivity index (χ4v) is 15.0. The van der Waals surface area contributed by atoms with E-state index in [1.54, 1.807) is 36.7 Å². The van der Waals surface area contributed by atoms with Crippen LogP contribution in [0.1, 0.15) is 97.1 Å². The number of aryl methyl sites for hydroxylation is 3. The van der Waals surface area contributed by atoms with E-state index in [1.165, 1.54) is 140 Å². The predicted molar refractivity (Wildman–Crippen MR) is 540 cm³/mol. The van der Waals surface area contributed by atoms with Gasteiger partial charge in [0, 0.05) is 177 Å². The smallest absolute Gasteiger partial charge is 0.163 e. The number of thiophene rings is 1. The number of carbonyl (C=O) groups is 4. The molecule has 1 aliphatic carbocycles. The third-order valence-corrected chi connectivity index (χ3v) is 21.2. The number of para-hydroxylation sites is 1. The van der Waals surface area contributed by atoms with E-state index in [2.05, 4.69) is 186 Å². The van der Waals surface area contributed by atoms with E-state index < -0.39 is 0 Å². The Balaban J connectivity index is 0.000000251. The molecule has 23 heteroatoms. The number of pyridine rings is 5. The van der Waals surface area contributed by atoms with Crippen LogP contribution in [0.25, 0.3) is 144 Å². The normalized spacial score (nSPS) is 11.1. The number of nitrogens with zero attached hydrogens (tertiary/aromatic N) is 8. The van der Waals surface area contributed by atoms with Crippen molar-refractivity contribution in [2.45, 2.75) is 95.4 Å². The Morgan fingerprint density at radius 3 is 1.45 bits per heavy atom. The van der Waals surface area contributed by atoms with E-state index in [0.29, 0.717) is 23.0 Å². The Morgan fingerprint density at radius 2 is 0.878 bits per heavy atom. The summed E-state index contributed by atoms with van der Waals surface area (Å²) in [4.78, 5) is 76.8. The molecule has 5 radical (unpaired) electrons. The first kappa shape index (κ1) is 115. The molecule has 11 aromatic carbocycles. The van der Waals surface area contributed by atoms with Crippen LogP contribution in [0.3, 0.4) is 0 Å². The van der Waals surface area contributed by atoms with Gasteiger partial charge in [0.1, 0.15) is 5.82 Å². The molecular formula is C116H100FIr5N8O8S-5. The SMILES string of the molecule is CC(=O)C=C(C)O.CC(=O)C=C(C)O.CC(=O)C=C(C)O.CC(=O)C=C(C)O.CC1(C)c2ccccc2-c2c[c-]c(-c3ccc4ccccc4n3)cc21.Cc1cc(-c2nccc3ccccc23)[c-]cc1F.Cc1cc2ccccc2[c-]c1-c1ccccn1.Cc1ccc(-c2nc(-c3c[c-]c(-c4ccccn4)cc3)nc(-c3ccccc3)n2)cc1.[Ir].[Ir].[Ir].[Ir].[Ir].[c-]1ccccc1-c1nccc2sccc12. The Morgan fingerprint density at radius 1 is 0.367 bits per heavy atom. The largest absolute Gasteiger partial charge is 0.512 e. The van der Waals surface area contributed by atoms with Gasteiger partial charge in [-0.1, -0.05) is 248 Å². The molecule has 0 amide bonds. The second-order valence-corrected chi connectivity index (χ2v) is 32.7. The maximum Gasteiger partial charge on any atom is 0.163 e. The molecule has 7 heterocycles. The number of hydrogen-bond donors (Lipinski definition) is 4. The van der Waals surface area contributed by atoms with Crippen LogP contribution in [-0.4, -0.2) is 83.4 Å². The maximum absolute atomic E-state index is 13.3. The topological polar surface area (TPSA) is 252 Å². The average Bonchev–Trinajstić information content (AvgIpc) is 1.58. The molecule has 0 atom stereocenters. The number of rotatable bonds is 12. The zero-order chi connectivity index (χ0) is 95.8. The number of halogens is 1.